The monoisotopic (exact) mass is 289 g/mol. The van der Waals surface area contributed by atoms with Crippen LogP contribution < -0.4 is 10.1 Å². The second-order valence-electron chi connectivity index (χ2n) is 6.47. The first-order valence-electron chi connectivity index (χ1n) is 8.04. The number of piperidine rings is 1. The van der Waals surface area contributed by atoms with Crippen molar-refractivity contribution >= 4 is 5.78 Å². The minimum atomic E-state index is -0.320. The van der Waals surface area contributed by atoms with E-state index in [9.17, 15) is 4.79 Å². The average Bonchev–Trinajstić information content (AvgIpc) is 2.53. The van der Waals surface area contributed by atoms with Crippen LogP contribution in [0.4, 0.5) is 0 Å². The van der Waals surface area contributed by atoms with Gasteiger partial charge in [-0.15, -0.1) is 0 Å². The quantitative estimate of drug-likeness (QED) is 0.812. The molecule has 21 heavy (non-hydrogen) atoms. The van der Waals surface area contributed by atoms with Gasteiger partial charge >= 0.3 is 0 Å². The number of benzene rings is 1. The Bertz CT molecular complexity index is 459. The number of hydrogen-bond acceptors (Lipinski definition) is 3. The van der Waals surface area contributed by atoms with Crippen LogP contribution in [0.2, 0.25) is 0 Å². The highest BCUT2D eigenvalue weighted by Crippen LogP contribution is 2.35. The van der Waals surface area contributed by atoms with E-state index in [0.717, 1.165) is 43.7 Å². The Hall–Kier alpha value is -1.35. The first-order valence-corrected chi connectivity index (χ1v) is 8.04. The molecule has 1 atom stereocenters. The molecule has 1 saturated heterocycles. The fraction of sp³-hybridized carbons (Fsp3) is 0.611. The Balaban J connectivity index is 2.07. The van der Waals surface area contributed by atoms with Crippen molar-refractivity contribution in [3.8, 4) is 5.75 Å². The molecule has 1 aromatic rings. The first-order chi connectivity index (χ1) is 10.1. The molecule has 3 heteroatoms. The number of carbonyl (C=O) groups is 1. The zero-order valence-electron chi connectivity index (χ0n) is 13.4. The van der Waals surface area contributed by atoms with Gasteiger partial charge in [-0.3, -0.25) is 4.79 Å². The Morgan fingerprint density at radius 1 is 1.33 bits per heavy atom. The molecule has 1 unspecified atom stereocenters. The lowest BCUT2D eigenvalue weighted by Gasteiger charge is -2.36. The number of Topliss-reactive ketones (excluding diaryl/α,β-unsaturated/α-hetero) is 1. The summed E-state index contributed by atoms with van der Waals surface area (Å²) in [7, 11) is 0. The van der Waals surface area contributed by atoms with Gasteiger partial charge in [-0.25, -0.2) is 0 Å². The van der Waals surface area contributed by atoms with Gasteiger partial charge in [-0.05, 0) is 62.5 Å². The molecule has 0 aliphatic carbocycles. The molecule has 1 fully saturated rings. The van der Waals surface area contributed by atoms with Crippen LogP contribution in [0.5, 0.6) is 5.75 Å². The molecule has 0 aromatic heterocycles. The number of ether oxygens (including phenoxy) is 1. The highest BCUT2D eigenvalue weighted by molar-refractivity contribution is 6.00. The van der Waals surface area contributed by atoms with Crippen LogP contribution in [0.1, 0.15) is 50.4 Å². The molecule has 1 aromatic carbocycles. The standard InChI is InChI=1S/C18H27NO2/c1-4-12-21-16-9-7-14(8-10-16)17(20)18(2,3)15-6-5-11-19-13-15/h7-10,15,19H,4-6,11-13H2,1-3H3. The van der Waals surface area contributed by atoms with Crippen molar-refractivity contribution in [3.05, 3.63) is 29.8 Å². The maximum absolute atomic E-state index is 12.8. The van der Waals surface area contributed by atoms with Crippen molar-refractivity contribution in [2.24, 2.45) is 11.3 Å². The van der Waals surface area contributed by atoms with Crippen molar-refractivity contribution in [1.82, 2.24) is 5.32 Å². The lowest BCUT2D eigenvalue weighted by Crippen LogP contribution is -2.42. The Kier molecular flexibility index (Phi) is 5.40. The fourth-order valence-corrected chi connectivity index (χ4v) is 2.95. The van der Waals surface area contributed by atoms with E-state index in [1.807, 2.05) is 24.3 Å². The van der Waals surface area contributed by atoms with Crippen LogP contribution in [0.15, 0.2) is 24.3 Å². The maximum Gasteiger partial charge on any atom is 0.168 e. The van der Waals surface area contributed by atoms with Crippen LogP contribution in [-0.4, -0.2) is 25.5 Å². The predicted octanol–water partition coefficient (Wildman–Crippen LogP) is 3.68. The van der Waals surface area contributed by atoms with E-state index in [1.54, 1.807) is 0 Å². The summed E-state index contributed by atoms with van der Waals surface area (Å²) in [5, 5.41) is 3.41. The van der Waals surface area contributed by atoms with Gasteiger partial charge < -0.3 is 10.1 Å². The average molecular weight is 289 g/mol. The summed E-state index contributed by atoms with van der Waals surface area (Å²) in [5.74, 6) is 1.48. The minimum absolute atomic E-state index is 0.234. The van der Waals surface area contributed by atoms with Crippen LogP contribution in [0, 0.1) is 11.3 Å². The molecule has 0 spiro atoms. The molecular weight excluding hydrogens is 262 g/mol. The van der Waals surface area contributed by atoms with E-state index in [-0.39, 0.29) is 11.2 Å². The van der Waals surface area contributed by atoms with Crippen molar-refractivity contribution < 1.29 is 9.53 Å². The van der Waals surface area contributed by atoms with Crippen LogP contribution >= 0.6 is 0 Å². The highest BCUT2D eigenvalue weighted by atomic mass is 16.5. The van der Waals surface area contributed by atoms with E-state index in [2.05, 4.69) is 26.1 Å². The lowest BCUT2D eigenvalue weighted by atomic mass is 9.70. The fourth-order valence-electron chi connectivity index (χ4n) is 2.95. The van der Waals surface area contributed by atoms with E-state index in [1.165, 1.54) is 0 Å². The molecule has 1 aliphatic heterocycles. The number of hydrogen-bond donors (Lipinski definition) is 1. The van der Waals surface area contributed by atoms with Gasteiger partial charge in [0.15, 0.2) is 5.78 Å². The molecule has 0 radical (unpaired) electrons. The zero-order valence-corrected chi connectivity index (χ0v) is 13.4. The molecule has 2 rings (SSSR count). The van der Waals surface area contributed by atoms with Gasteiger partial charge in [0.1, 0.15) is 5.75 Å². The van der Waals surface area contributed by atoms with Crippen molar-refractivity contribution in [2.45, 2.75) is 40.0 Å². The van der Waals surface area contributed by atoms with Crippen molar-refractivity contribution in [3.63, 3.8) is 0 Å². The highest BCUT2D eigenvalue weighted by Gasteiger charge is 2.37. The lowest BCUT2D eigenvalue weighted by molar-refractivity contribution is 0.0708. The van der Waals surface area contributed by atoms with E-state index >= 15 is 0 Å². The Labute approximate surface area is 128 Å². The molecule has 0 saturated carbocycles. The Morgan fingerprint density at radius 3 is 2.62 bits per heavy atom. The van der Waals surface area contributed by atoms with Gasteiger partial charge in [0.2, 0.25) is 0 Å². The third kappa shape index (κ3) is 3.85. The molecule has 1 aliphatic rings. The summed E-state index contributed by atoms with van der Waals surface area (Å²) in [6.45, 7) is 8.97. The molecule has 1 N–H and O–H groups in total. The van der Waals surface area contributed by atoms with E-state index < -0.39 is 0 Å². The zero-order chi connectivity index (χ0) is 15.3. The van der Waals surface area contributed by atoms with Gasteiger partial charge in [-0.1, -0.05) is 20.8 Å². The second-order valence-corrected chi connectivity index (χ2v) is 6.47. The molecule has 0 amide bonds. The molecule has 1 heterocycles. The van der Waals surface area contributed by atoms with Gasteiger partial charge in [-0.2, -0.15) is 0 Å². The normalized spacial score (nSPS) is 19.3. The van der Waals surface area contributed by atoms with Gasteiger partial charge in [0, 0.05) is 11.0 Å². The number of nitrogens with one attached hydrogen (secondary N) is 1. The Morgan fingerprint density at radius 2 is 2.05 bits per heavy atom. The van der Waals surface area contributed by atoms with Crippen molar-refractivity contribution in [1.29, 1.82) is 0 Å². The first kappa shape index (κ1) is 16.0. The predicted molar refractivity (Wildman–Crippen MR) is 85.9 cm³/mol. The summed E-state index contributed by atoms with van der Waals surface area (Å²) < 4.78 is 5.57. The SMILES string of the molecule is CCCOc1ccc(C(=O)C(C)(C)C2CCCNC2)cc1. The molecular formula is C18H27NO2. The molecule has 0 bridgehead atoms. The van der Waals surface area contributed by atoms with E-state index in [0.29, 0.717) is 12.5 Å². The molecule has 3 nitrogen and oxygen atoms in total. The van der Waals surface area contributed by atoms with Crippen LogP contribution in [0.3, 0.4) is 0 Å². The number of carbonyl (C=O) groups excluding carboxylic acids is 1. The second kappa shape index (κ2) is 7.08. The summed E-state index contributed by atoms with van der Waals surface area (Å²) in [6.07, 6.45) is 3.27. The third-order valence-electron chi connectivity index (χ3n) is 4.49. The summed E-state index contributed by atoms with van der Waals surface area (Å²) >= 11 is 0. The third-order valence-corrected chi connectivity index (χ3v) is 4.49. The smallest absolute Gasteiger partial charge is 0.168 e. The number of rotatable bonds is 6. The number of ketones is 1. The topological polar surface area (TPSA) is 38.3 Å². The minimum Gasteiger partial charge on any atom is -0.494 e. The van der Waals surface area contributed by atoms with Crippen LogP contribution in [-0.2, 0) is 0 Å². The largest absolute Gasteiger partial charge is 0.494 e. The summed E-state index contributed by atoms with van der Waals surface area (Å²) in [6, 6.07) is 7.59. The van der Waals surface area contributed by atoms with Crippen LogP contribution in [0.25, 0.3) is 0 Å². The summed E-state index contributed by atoms with van der Waals surface area (Å²) in [5.41, 5.74) is 0.466. The van der Waals surface area contributed by atoms with E-state index in [4.69, 9.17) is 4.74 Å². The summed E-state index contributed by atoms with van der Waals surface area (Å²) in [4.78, 5) is 12.8. The molecule has 116 valence electrons. The van der Waals surface area contributed by atoms with Gasteiger partial charge in [0.25, 0.3) is 0 Å². The van der Waals surface area contributed by atoms with Gasteiger partial charge in [0.05, 0.1) is 6.61 Å². The maximum atomic E-state index is 12.8. The van der Waals surface area contributed by atoms with Crippen molar-refractivity contribution in [2.75, 3.05) is 19.7 Å².